The molecule has 160 valence electrons. The molecule has 0 bridgehead atoms. The number of hydrogen-bond acceptors (Lipinski definition) is 6. The van der Waals surface area contributed by atoms with E-state index in [2.05, 4.69) is 15.7 Å². The number of nitrogens with zero attached hydrogens (tertiary/aromatic N) is 2. The Hall–Kier alpha value is -2.45. The summed E-state index contributed by atoms with van der Waals surface area (Å²) in [5.74, 6) is 1.80. The highest BCUT2D eigenvalue weighted by Gasteiger charge is 2.18. The number of carbonyl (C=O) groups excluding carboxylic acids is 1. The van der Waals surface area contributed by atoms with Crippen molar-refractivity contribution in [2.75, 3.05) is 41.0 Å². The van der Waals surface area contributed by atoms with Gasteiger partial charge in [0, 0.05) is 37.0 Å². The van der Waals surface area contributed by atoms with E-state index >= 15 is 0 Å². The Morgan fingerprint density at radius 2 is 1.97 bits per heavy atom. The van der Waals surface area contributed by atoms with Crippen molar-refractivity contribution in [3.8, 4) is 17.2 Å². The number of hydrogen-bond donors (Lipinski definition) is 2. The van der Waals surface area contributed by atoms with Crippen molar-refractivity contribution in [3.63, 3.8) is 0 Å². The average molecular weight is 425 g/mol. The van der Waals surface area contributed by atoms with Crippen LogP contribution in [0.2, 0.25) is 0 Å². The largest absolute Gasteiger partial charge is 0.496 e. The molecule has 0 saturated carbocycles. The molecule has 3 rings (SSSR count). The first kappa shape index (κ1) is 22.8. The van der Waals surface area contributed by atoms with Crippen LogP contribution in [0.25, 0.3) is 0 Å². The summed E-state index contributed by atoms with van der Waals surface area (Å²) < 4.78 is 18.0. The zero-order chi connectivity index (χ0) is 19.9. The quantitative estimate of drug-likeness (QED) is 0.675. The fourth-order valence-electron chi connectivity index (χ4n) is 3.44. The molecule has 1 amide bonds. The molecular weight excluding hydrogens is 396 g/mol. The van der Waals surface area contributed by atoms with Gasteiger partial charge >= 0.3 is 0 Å². The molecule has 1 aromatic carbocycles. The number of ether oxygens (including phenoxy) is 3. The van der Waals surface area contributed by atoms with Crippen molar-refractivity contribution < 1.29 is 19.0 Å². The van der Waals surface area contributed by atoms with Crippen LogP contribution < -0.4 is 24.8 Å². The van der Waals surface area contributed by atoms with Gasteiger partial charge in [-0.15, -0.1) is 12.4 Å². The predicted molar refractivity (Wildman–Crippen MR) is 113 cm³/mol. The third-order valence-electron chi connectivity index (χ3n) is 4.96. The molecule has 9 heteroatoms. The van der Waals surface area contributed by atoms with Crippen LogP contribution in [0.15, 0.2) is 24.4 Å². The Labute approximate surface area is 177 Å². The van der Waals surface area contributed by atoms with Crippen molar-refractivity contribution in [3.05, 3.63) is 35.7 Å². The van der Waals surface area contributed by atoms with Crippen molar-refractivity contribution in [1.29, 1.82) is 0 Å². The van der Waals surface area contributed by atoms with E-state index in [0.29, 0.717) is 41.9 Å². The lowest BCUT2D eigenvalue weighted by Crippen LogP contribution is -2.32. The molecule has 1 atom stereocenters. The molecule has 0 radical (unpaired) electrons. The maximum absolute atomic E-state index is 12.5. The minimum absolute atomic E-state index is 0. The van der Waals surface area contributed by atoms with E-state index in [0.717, 1.165) is 31.5 Å². The fourth-order valence-corrected chi connectivity index (χ4v) is 3.44. The van der Waals surface area contributed by atoms with E-state index in [1.54, 1.807) is 39.5 Å². The summed E-state index contributed by atoms with van der Waals surface area (Å²) in [4.78, 5) is 12.5. The van der Waals surface area contributed by atoms with Crippen molar-refractivity contribution in [2.45, 2.75) is 25.3 Å². The van der Waals surface area contributed by atoms with Crippen LogP contribution in [0.1, 0.15) is 34.9 Å². The van der Waals surface area contributed by atoms with Crippen LogP contribution in [-0.4, -0.2) is 56.7 Å². The Morgan fingerprint density at radius 3 is 2.55 bits per heavy atom. The molecule has 2 N–H and O–H groups in total. The van der Waals surface area contributed by atoms with Crippen LogP contribution >= 0.6 is 12.4 Å². The second-order valence-electron chi connectivity index (χ2n) is 6.70. The van der Waals surface area contributed by atoms with Crippen LogP contribution in [0, 0.1) is 0 Å². The highest BCUT2D eigenvalue weighted by Crippen LogP contribution is 2.34. The number of amides is 1. The average Bonchev–Trinajstić information content (AvgIpc) is 3.24. The molecular formula is C20H29ClN4O4. The third-order valence-corrected chi connectivity index (χ3v) is 4.96. The molecule has 1 unspecified atom stereocenters. The normalized spacial score (nSPS) is 15.9. The van der Waals surface area contributed by atoms with Gasteiger partial charge in [-0.05, 0) is 31.9 Å². The van der Waals surface area contributed by atoms with Gasteiger partial charge in [-0.3, -0.25) is 9.48 Å². The van der Waals surface area contributed by atoms with Gasteiger partial charge in [-0.1, -0.05) is 0 Å². The van der Waals surface area contributed by atoms with Gasteiger partial charge in [-0.2, -0.15) is 5.10 Å². The second-order valence-corrected chi connectivity index (χ2v) is 6.70. The molecule has 1 aliphatic heterocycles. The Bertz CT molecular complexity index is 781. The number of carbonyl (C=O) groups is 1. The first-order valence-electron chi connectivity index (χ1n) is 9.49. The number of benzene rings is 1. The number of piperidine rings is 1. The molecule has 1 saturated heterocycles. The molecule has 0 aliphatic carbocycles. The highest BCUT2D eigenvalue weighted by molar-refractivity contribution is 5.92. The van der Waals surface area contributed by atoms with Crippen molar-refractivity contribution >= 4 is 18.3 Å². The summed E-state index contributed by atoms with van der Waals surface area (Å²) >= 11 is 0. The number of halogens is 1. The summed E-state index contributed by atoms with van der Waals surface area (Å²) in [5.41, 5.74) is 1.31. The zero-order valence-electron chi connectivity index (χ0n) is 17.1. The summed E-state index contributed by atoms with van der Waals surface area (Å²) in [6.45, 7) is 2.37. The number of nitrogens with one attached hydrogen (secondary N) is 2. The molecule has 0 spiro atoms. The summed E-state index contributed by atoms with van der Waals surface area (Å²) in [6.07, 6.45) is 4.64. The Balaban J connectivity index is 0.00000300. The zero-order valence-corrected chi connectivity index (χ0v) is 17.9. The molecule has 1 aromatic heterocycles. The minimum Gasteiger partial charge on any atom is -0.496 e. The molecule has 1 aliphatic rings. The van der Waals surface area contributed by atoms with E-state index in [1.807, 2.05) is 10.9 Å². The van der Waals surface area contributed by atoms with E-state index in [9.17, 15) is 4.79 Å². The minimum atomic E-state index is -0.186. The molecule has 8 nitrogen and oxygen atoms in total. The van der Waals surface area contributed by atoms with E-state index in [4.69, 9.17) is 14.2 Å². The topological polar surface area (TPSA) is 86.6 Å². The molecule has 29 heavy (non-hydrogen) atoms. The van der Waals surface area contributed by atoms with Crippen molar-refractivity contribution in [2.24, 2.45) is 0 Å². The van der Waals surface area contributed by atoms with Crippen LogP contribution in [0.5, 0.6) is 17.2 Å². The first-order chi connectivity index (χ1) is 13.7. The fraction of sp³-hybridized carbons (Fsp3) is 0.500. The summed E-state index contributed by atoms with van der Waals surface area (Å²) in [6, 6.07) is 5.68. The summed E-state index contributed by atoms with van der Waals surface area (Å²) in [5, 5.41) is 10.7. The number of methoxy groups -OCH3 is 3. The first-order valence-corrected chi connectivity index (χ1v) is 9.49. The van der Waals surface area contributed by atoms with Gasteiger partial charge in [0.1, 0.15) is 22.9 Å². The monoisotopic (exact) mass is 424 g/mol. The van der Waals surface area contributed by atoms with E-state index in [-0.39, 0.29) is 18.3 Å². The van der Waals surface area contributed by atoms with Gasteiger partial charge in [-0.25, -0.2) is 0 Å². The maximum Gasteiger partial charge on any atom is 0.271 e. The van der Waals surface area contributed by atoms with Gasteiger partial charge in [0.05, 0.1) is 27.4 Å². The van der Waals surface area contributed by atoms with Gasteiger partial charge < -0.3 is 24.8 Å². The molecule has 2 aromatic rings. The highest BCUT2D eigenvalue weighted by atomic mass is 35.5. The third kappa shape index (κ3) is 5.55. The van der Waals surface area contributed by atoms with Crippen molar-refractivity contribution in [1.82, 2.24) is 20.4 Å². The predicted octanol–water partition coefficient (Wildman–Crippen LogP) is 2.23. The Kier molecular flexibility index (Phi) is 8.60. The SMILES string of the molecule is COc1cc(OC)c(CCNC(=O)c2ccn(C3CCCNC3)n2)c(OC)c1.Cl. The van der Waals surface area contributed by atoms with Crippen LogP contribution in [0.4, 0.5) is 0 Å². The lowest BCUT2D eigenvalue weighted by molar-refractivity contribution is 0.0947. The summed E-state index contributed by atoms with van der Waals surface area (Å²) in [7, 11) is 4.79. The number of rotatable bonds is 8. The van der Waals surface area contributed by atoms with E-state index in [1.165, 1.54) is 0 Å². The van der Waals surface area contributed by atoms with Crippen LogP contribution in [0.3, 0.4) is 0 Å². The lowest BCUT2D eigenvalue weighted by Gasteiger charge is -2.22. The lowest BCUT2D eigenvalue weighted by atomic mass is 10.1. The smallest absolute Gasteiger partial charge is 0.271 e. The van der Waals surface area contributed by atoms with Gasteiger partial charge in [0.15, 0.2) is 0 Å². The molecule has 1 fully saturated rings. The van der Waals surface area contributed by atoms with E-state index < -0.39 is 0 Å². The van der Waals surface area contributed by atoms with Gasteiger partial charge in [0.25, 0.3) is 5.91 Å². The maximum atomic E-state index is 12.5. The number of aromatic nitrogens is 2. The molecule has 2 heterocycles. The Morgan fingerprint density at radius 1 is 1.24 bits per heavy atom. The standard InChI is InChI=1S/C20H28N4O4.ClH/c1-26-15-11-18(27-2)16(19(12-15)28-3)6-9-22-20(25)17-7-10-24(23-17)14-5-4-8-21-13-14;/h7,10-12,14,21H,4-6,8-9,13H2,1-3H3,(H,22,25);1H. The second kappa shape index (κ2) is 10.9. The van der Waals surface area contributed by atoms with Crippen LogP contribution in [-0.2, 0) is 6.42 Å². The van der Waals surface area contributed by atoms with Gasteiger partial charge in [0.2, 0.25) is 0 Å².